The van der Waals surface area contributed by atoms with Crippen molar-refractivity contribution >= 4 is 34.7 Å². The molecule has 2 rings (SSSR count). The van der Waals surface area contributed by atoms with E-state index in [1.165, 1.54) is 16.6 Å². The van der Waals surface area contributed by atoms with Gasteiger partial charge in [-0.2, -0.15) is 0 Å². The number of thiophene rings is 1. The Hall–Kier alpha value is -1.31. The molecule has 2 heterocycles. The topological polar surface area (TPSA) is 67.1 Å². The number of hydrazine groups is 1. The first-order valence-corrected chi connectivity index (χ1v) is 7.92. The lowest BCUT2D eigenvalue weighted by Gasteiger charge is -2.25. The average Bonchev–Trinajstić information content (AvgIpc) is 2.99. The molecule has 0 aliphatic heterocycles. The van der Waals surface area contributed by atoms with E-state index in [0.717, 1.165) is 5.82 Å². The fourth-order valence-electron chi connectivity index (χ4n) is 1.68. The monoisotopic (exact) mass is 295 g/mol. The van der Waals surface area contributed by atoms with Crippen LogP contribution in [0.25, 0.3) is 0 Å². The number of hydrogen-bond acceptors (Lipinski definition) is 7. The summed E-state index contributed by atoms with van der Waals surface area (Å²) in [7, 11) is 2.02. The number of rotatable bonds is 5. The number of nitrogens with one attached hydrogen (secondary N) is 1. The predicted molar refractivity (Wildman–Crippen MR) is 82.8 cm³/mol. The van der Waals surface area contributed by atoms with Gasteiger partial charge in [-0.3, -0.25) is 0 Å². The van der Waals surface area contributed by atoms with Crippen LogP contribution in [0.4, 0.5) is 11.6 Å². The maximum atomic E-state index is 5.45. The molecule has 0 aromatic carbocycles. The molecule has 3 N–H and O–H groups in total. The third kappa shape index (κ3) is 3.17. The minimum absolute atomic E-state index is 0.259. The lowest BCUT2D eigenvalue weighted by Crippen LogP contribution is -2.23. The molecule has 0 saturated carbocycles. The minimum Gasteiger partial charge on any atom is -0.352 e. The molecule has 1 unspecified atom stereocenters. The first kappa shape index (κ1) is 14.1. The SMILES string of the molecule is CSc1nc(NN)cc(N(C)C(C)c2cccs2)n1. The molecule has 7 heteroatoms. The van der Waals surface area contributed by atoms with Crippen molar-refractivity contribution in [3.63, 3.8) is 0 Å². The summed E-state index contributed by atoms with van der Waals surface area (Å²) in [6.07, 6.45) is 1.95. The van der Waals surface area contributed by atoms with Crippen molar-refractivity contribution in [3.8, 4) is 0 Å². The summed E-state index contributed by atoms with van der Waals surface area (Å²) >= 11 is 3.24. The van der Waals surface area contributed by atoms with Gasteiger partial charge in [0.25, 0.3) is 0 Å². The van der Waals surface area contributed by atoms with E-state index in [4.69, 9.17) is 5.84 Å². The summed E-state index contributed by atoms with van der Waals surface area (Å²) in [5.74, 6) is 6.93. The number of aromatic nitrogens is 2. The van der Waals surface area contributed by atoms with Gasteiger partial charge in [0.05, 0.1) is 6.04 Å². The fraction of sp³-hybridized carbons (Fsp3) is 0.333. The molecule has 19 heavy (non-hydrogen) atoms. The smallest absolute Gasteiger partial charge is 0.191 e. The van der Waals surface area contributed by atoms with Gasteiger partial charge in [-0.15, -0.1) is 11.3 Å². The number of nitrogen functional groups attached to an aromatic ring is 1. The molecule has 102 valence electrons. The fourth-order valence-corrected chi connectivity index (χ4v) is 2.88. The average molecular weight is 295 g/mol. The lowest BCUT2D eigenvalue weighted by molar-refractivity contribution is 0.732. The third-order valence-electron chi connectivity index (χ3n) is 2.92. The second-order valence-corrected chi connectivity index (χ2v) is 5.80. The van der Waals surface area contributed by atoms with Crippen LogP contribution < -0.4 is 16.2 Å². The van der Waals surface area contributed by atoms with E-state index in [9.17, 15) is 0 Å². The normalized spacial score (nSPS) is 12.2. The van der Waals surface area contributed by atoms with Crippen LogP contribution >= 0.6 is 23.1 Å². The van der Waals surface area contributed by atoms with Crippen LogP contribution in [0.3, 0.4) is 0 Å². The van der Waals surface area contributed by atoms with Crippen molar-refractivity contribution < 1.29 is 0 Å². The van der Waals surface area contributed by atoms with Crippen LogP contribution in [0.15, 0.2) is 28.7 Å². The van der Waals surface area contributed by atoms with Crippen molar-refractivity contribution in [1.29, 1.82) is 0 Å². The zero-order valence-corrected chi connectivity index (χ0v) is 12.8. The first-order chi connectivity index (χ1) is 9.15. The van der Waals surface area contributed by atoms with E-state index >= 15 is 0 Å². The Balaban J connectivity index is 2.29. The molecule has 0 spiro atoms. The lowest BCUT2D eigenvalue weighted by atomic mass is 10.2. The number of nitrogens with zero attached hydrogens (tertiary/aromatic N) is 3. The molecule has 0 saturated heterocycles. The van der Waals surface area contributed by atoms with Gasteiger partial charge in [-0.1, -0.05) is 17.8 Å². The molecule has 0 aliphatic rings. The van der Waals surface area contributed by atoms with Crippen molar-refractivity contribution in [3.05, 3.63) is 28.5 Å². The second kappa shape index (κ2) is 6.23. The summed E-state index contributed by atoms with van der Waals surface area (Å²) in [6.45, 7) is 2.16. The molecular weight excluding hydrogens is 278 g/mol. The highest BCUT2D eigenvalue weighted by molar-refractivity contribution is 7.98. The second-order valence-electron chi connectivity index (χ2n) is 4.04. The Bertz CT molecular complexity index is 507. The summed E-state index contributed by atoms with van der Waals surface area (Å²) < 4.78 is 0. The third-order valence-corrected chi connectivity index (χ3v) is 4.51. The molecule has 0 fully saturated rings. The predicted octanol–water partition coefficient (Wildman–Crippen LogP) is 2.74. The van der Waals surface area contributed by atoms with Gasteiger partial charge < -0.3 is 10.3 Å². The Morgan fingerprint density at radius 2 is 2.26 bits per heavy atom. The number of anilines is 2. The quantitative estimate of drug-likeness (QED) is 0.383. The highest BCUT2D eigenvalue weighted by atomic mass is 32.2. The van der Waals surface area contributed by atoms with Crippen molar-refractivity contribution in [1.82, 2.24) is 9.97 Å². The summed E-state index contributed by atoms with van der Waals surface area (Å²) in [5, 5.41) is 2.79. The van der Waals surface area contributed by atoms with E-state index in [1.54, 1.807) is 11.3 Å². The number of nitrogens with two attached hydrogens (primary N) is 1. The largest absolute Gasteiger partial charge is 0.352 e. The maximum absolute atomic E-state index is 5.45. The van der Waals surface area contributed by atoms with Gasteiger partial charge in [0.1, 0.15) is 11.6 Å². The van der Waals surface area contributed by atoms with Gasteiger partial charge in [0.2, 0.25) is 0 Å². The zero-order chi connectivity index (χ0) is 13.8. The maximum Gasteiger partial charge on any atom is 0.191 e. The van der Waals surface area contributed by atoms with Crippen LogP contribution in [0.5, 0.6) is 0 Å². The van der Waals surface area contributed by atoms with Gasteiger partial charge in [-0.05, 0) is 24.6 Å². The standard InChI is InChI=1S/C12H17N5S2/c1-8(9-5-4-6-19-9)17(2)11-7-10(16-13)14-12(15-11)18-3/h4-8H,13H2,1-3H3,(H,14,15,16). The summed E-state index contributed by atoms with van der Waals surface area (Å²) in [5.41, 5.74) is 2.58. The van der Waals surface area contributed by atoms with Crippen molar-refractivity contribution in [2.45, 2.75) is 18.1 Å². The van der Waals surface area contributed by atoms with Gasteiger partial charge >= 0.3 is 0 Å². The molecule has 1 atom stereocenters. The van der Waals surface area contributed by atoms with Crippen molar-refractivity contribution in [2.24, 2.45) is 5.84 Å². The number of thioether (sulfide) groups is 1. The highest BCUT2D eigenvalue weighted by Crippen LogP contribution is 2.28. The van der Waals surface area contributed by atoms with Gasteiger partial charge in [0, 0.05) is 18.0 Å². The molecule has 0 amide bonds. The minimum atomic E-state index is 0.259. The molecule has 5 nitrogen and oxygen atoms in total. The van der Waals surface area contributed by atoms with Crippen LogP contribution in [-0.2, 0) is 0 Å². The van der Waals surface area contributed by atoms with E-state index in [2.05, 4.69) is 44.7 Å². The van der Waals surface area contributed by atoms with E-state index in [1.807, 2.05) is 19.4 Å². The van der Waals surface area contributed by atoms with E-state index in [0.29, 0.717) is 11.0 Å². The Morgan fingerprint density at radius 1 is 1.47 bits per heavy atom. The van der Waals surface area contributed by atoms with Crippen LogP contribution in [0, 0.1) is 0 Å². The zero-order valence-electron chi connectivity index (χ0n) is 11.1. The summed E-state index contributed by atoms with van der Waals surface area (Å²) in [4.78, 5) is 12.2. The molecule has 0 radical (unpaired) electrons. The molecule has 2 aromatic rings. The first-order valence-electron chi connectivity index (χ1n) is 5.81. The van der Waals surface area contributed by atoms with Gasteiger partial charge in [-0.25, -0.2) is 15.8 Å². The molecule has 0 bridgehead atoms. The molecule has 0 aliphatic carbocycles. The van der Waals surface area contributed by atoms with Crippen LogP contribution in [0.1, 0.15) is 17.8 Å². The van der Waals surface area contributed by atoms with Crippen LogP contribution in [0.2, 0.25) is 0 Å². The van der Waals surface area contributed by atoms with Gasteiger partial charge in [0.15, 0.2) is 5.16 Å². The number of hydrogen-bond donors (Lipinski definition) is 2. The Labute approximate surface area is 121 Å². The van der Waals surface area contributed by atoms with E-state index < -0.39 is 0 Å². The van der Waals surface area contributed by atoms with Crippen molar-refractivity contribution in [2.75, 3.05) is 23.6 Å². The highest BCUT2D eigenvalue weighted by Gasteiger charge is 2.16. The van der Waals surface area contributed by atoms with Crippen LogP contribution in [-0.4, -0.2) is 23.3 Å². The Morgan fingerprint density at radius 3 is 2.84 bits per heavy atom. The van der Waals surface area contributed by atoms with E-state index in [-0.39, 0.29) is 6.04 Å². The molecular formula is C12H17N5S2. The summed E-state index contributed by atoms with van der Waals surface area (Å²) in [6, 6.07) is 6.30. The molecule has 2 aromatic heterocycles. The Kier molecular flexibility index (Phi) is 4.62.